The average Bonchev–Trinajstić information content (AvgIpc) is 2.28. The van der Waals surface area contributed by atoms with E-state index >= 15 is 0 Å². The molecule has 1 fully saturated rings. The number of rotatable bonds is 7. The van der Waals surface area contributed by atoms with Crippen LogP contribution in [0.3, 0.4) is 0 Å². The molecular weight excluding hydrogens is 202 g/mol. The number of hydrogen-bond donors (Lipinski definition) is 1. The zero-order chi connectivity index (χ0) is 11.9. The summed E-state index contributed by atoms with van der Waals surface area (Å²) in [6.45, 7) is 8.27. The molecule has 0 unspecified atom stereocenters. The summed E-state index contributed by atoms with van der Waals surface area (Å²) in [4.78, 5) is 0. The summed E-state index contributed by atoms with van der Waals surface area (Å²) in [5.41, 5.74) is 0.445. The van der Waals surface area contributed by atoms with Gasteiger partial charge in [0.1, 0.15) is 0 Å². The molecule has 0 amide bonds. The summed E-state index contributed by atoms with van der Waals surface area (Å²) < 4.78 is 10.6. The third-order valence-corrected chi connectivity index (χ3v) is 3.49. The SMILES string of the molecule is COCCCC1(CNC(C)C)CCOCC1. The van der Waals surface area contributed by atoms with E-state index in [9.17, 15) is 0 Å². The predicted molar refractivity (Wildman–Crippen MR) is 66.7 cm³/mol. The van der Waals surface area contributed by atoms with Crippen molar-refractivity contribution in [3.8, 4) is 0 Å². The molecule has 0 spiro atoms. The summed E-state index contributed by atoms with van der Waals surface area (Å²) in [5, 5.41) is 3.59. The standard InChI is InChI=1S/C13H27NO2/c1-12(2)14-11-13(5-4-8-15-3)6-9-16-10-7-13/h12,14H,4-11H2,1-3H3. The van der Waals surface area contributed by atoms with Crippen LogP contribution in [0.4, 0.5) is 0 Å². The van der Waals surface area contributed by atoms with E-state index in [1.807, 2.05) is 0 Å². The molecule has 0 aromatic heterocycles. The molecule has 3 nitrogen and oxygen atoms in total. The van der Waals surface area contributed by atoms with E-state index in [0.717, 1.165) is 32.8 Å². The second kappa shape index (κ2) is 7.25. The van der Waals surface area contributed by atoms with Crippen molar-refractivity contribution in [2.45, 2.75) is 45.6 Å². The molecule has 3 heteroatoms. The van der Waals surface area contributed by atoms with Gasteiger partial charge >= 0.3 is 0 Å². The van der Waals surface area contributed by atoms with E-state index in [0.29, 0.717) is 11.5 Å². The van der Waals surface area contributed by atoms with Crippen molar-refractivity contribution in [2.24, 2.45) is 5.41 Å². The smallest absolute Gasteiger partial charge is 0.0471 e. The van der Waals surface area contributed by atoms with Gasteiger partial charge in [-0.1, -0.05) is 13.8 Å². The lowest BCUT2D eigenvalue weighted by Crippen LogP contribution is -2.41. The van der Waals surface area contributed by atoms with Gasteiger partial charge in [-0.3, -0.25) is 0 Å². The van der Waals surface area contributed by atoms with E-state index in [2.05, 4.69) is 19.2 Å². The van der Waals surface area contributed by atoms with Crippen LogP contribution < -0.4 is 5.32 Å². The van der Waals surface area contributed by atoms with Gasteiger partial charge in [-0.25, -0.2) is 0 Å². The minimum absolute atomic E-state index is 0.445. The van der Waals surface area contributed by atoms with E-state index in [1.54, 1.807) is 7.11 Å². The Balaban J connectivity index is 2.39. The predicted octanol–water partition coefficient (Wildman–Crippen LogP) is 2.21. The van der Waals surface area contributed by atoms with Gasteiger partial charge in [-0.15, -0.1) is 0 Å². The summed E-state index contributed by atoms with van der Waals surface area (Å²) >= 11 is 0. The average molecular weight is 229 g/mol. The number of methoxy groups -OCH3 is 1. The van der Waals surface area contributed by atoms with E-state index in [-0.39, 0.29) is 0 Å². The molecule has 1 rings (SSSR count). The lowest BCUT2D eigenvalue weighted by molar-refractivity contribution is 0.00544. The van der Waals surface area contributed by atoms with Gasteiger partial charge in [0.05, 0.1) is 0 Å². The fourth-order valence-corrected chi connectivity index (χ4v) is 2.33. The Labute approximate surface area is 99.9 Å². The van der Waals surface area contributed by atoms with Crippen LogP contribution in [0.25, 0.3) is 0 Å². The van der Waals surface area contributed by atoms with Crippen LogP contribution in [0.1, 0.15) is 39.5 Å². The molecule has 0 aliphatic carbocycles. The normalized spacial score (nSPS) is 20.2. The Morgan fingerprint density at radius 3 is 2.56 bits per heavy atom. The van der Waals surface area contributed by atoms with Crippen LogP contribution in [0.2, 0.25) is 0 Å². The molecule has 1 heterocycles. The maximum atomic E-state index is 5.48. The molecule has 16 heavy (non-hydrogen) atoms. The van der Waals surface area contributed by atoms with E-state index in [4.69, 9.17) is 9.47 Å². The van der Waals surface area contributed by atoms with E-state index in [1.165, 1.54) is 19.3 Å². The molecule has 0 radical (unpaired) electrons. The van der Waals surface area contributed by atoms with Crippen LogP contribution >= 0.6 is 0 Å². The Morgan fingerprint density at radius 1 is 1.31 bits per heavy atom. The van der Waals surface area contributed by atoms with Crippen molar-refractivity contribution < 1.29 is 9.47 Å². The van der Waals surface area contributed by atoms with Gasteiger partial charge in [-0.2, -0.15) is 0 Å². The maximum absolute atomic E-state index is 5.48. The van der Waals surface area contributed by atoms with Gasteiger partial charge in [-0.05, 0) is 31.1 Å². The summed E-state index contributed by atoms with van der Waals surface area (Å²) in [6.07, 6.45) is 4.80. The largest absolute Gasteiger partial charge is 0.385 e. The topological polar surface area (TPSA) is 30.5 Å². The van der Waals surface area contributed by atoms with E-state index < -0.39 is 0 Å². The molecular formula is C13H27NO2. The lowest BCUT2D eigenvalue weighted by atomic mass is 9.76. The van der Waals surface area contributed by atoms with Crippen molar-refractivity contribution in [2.75, 3.05) is 33.5 Å². The Hall–Kier alpha value is -0.120. The Kier molecular flexibility index (Phi) is 6.32. The second-order valence-corrected chi connectivity index (χ2v) is 5.24. The van der Waals surface area contributed by atoms with Gasteiger partial charge in [0.15, 0.2) is 0 Å². The van der Waals surface area contributed by atoms with Crippen LogP contribution in [-0.2, 0) is 9.47 Å². The molecule has 1 aliphatic rings. The van der Waals surface area contributed by atoms with Crippen LogP contribution in [0.15, 0.2) is 0 Å². The summed E-state index contributed by atoms with van der Waals surface area (Å²) in [7, 11) is 1.78. The first kappa shape index (κ1) is 13.9. The number of hydrogen-bond acceptors (Lipinski definition) is 3. The summed E-state index contributed by atoms with van der Waals surface area (Å²) in [5.74, 6) is 0. The highest BCUT2D eigenvalue weighted by molar-refractivity contribution is 4.84. The fraction of sp³-hybridized carbons (Fsp3) is 1.00. The molecule has 0 aromatic rings. The molecule has 0 atom stereocenters. The Bertz CT molecular complexity index is 177. The fourth-order valence-electron chi connectivity index (χ4n) is 2.33. The van der Waals surface area contributed by atoms with Crippen molar-refractivity contribution in [1.82, 2.24) is 5.32 Å². The van der Waals surface area contributed by atoms with Gasteiger partial charge < -0.3 is 14.8 Å². The van der Waals surface area contributed by atoms with Crippen LogP contribution in [0.5, 0.6) is 0 Å². The first-order valence-corrected chi connectivity index (χ1v) is 6.49. The molecule has 0 bridgehead atoms. The highest BCUT2D eigenvalue weighted by Gasteiger charge is 2.31. The number of ether oxygens (including phenoxy) is 2. The monoisotopic (exact) mass is 229 g/mol. The maximum Gasteiger partial charge on any atom is 0.0471 e. The minimum Gasteiger partial charge on any atom is -0.385 e. The van der Waals surface area contributed by atoms with Crippen molar-refractivity contribution in [1.29, 1.82) is 0 Å². The third kappa shape index (κ3) is 4.81. The second-order valence-electron chi connectivity index (χ2n) is 5.24. The lowest BCUT2D eigenvalue weighted by Gasteiger charge is -2.38. The van der Waals surface area contributed by atoms with Crippen molar-refractivity contribution in [3.63, 3.8) is 0 Å². The van der Waals surface area contributed by atoms with Crippen molar-refractivity contribution >= 4 is 0 Å². The first-order valence-electron chi connectivity index (χ1n) is 6.49. The first-order chi connectivity index (χ1) is 7.68. The summed E-state index contributed by atoms with van der Waals surface area (Å²) in [6, 6.07) is 0.571. The molecule has 1 N–H and O–H groups in total. The molecule has 1 saturated heterocycles. The van der Waals surface area contributed by atoms with Crippen LogP contribution in [0, 0.1) is 5.41 Å². The zero-order valence-corrected chi connectivity index (χ0v) is 11.1. The highest BCUT2D eigenvalue weighted by atomic mass is 16.5. The molecule has 1 aliphatic heterocycles. The van der Waals surface area contributed by atoms with Gasteiger partial charge in [0.25, 0.3) is 0 Å². The quantitative estimate of drug-likeness (QED) is 0.679. The Morgan fingerprint density at radius 2 is 2.00 bits per heavy atom. The zero-order valence-electron chi connectivity index (χ0n) is 11.1. The molecule has 0 aromatic carbocycles. The highest BCUT2D eigenvalue weighted by Crippen LogP contribution is 2.34. The van der Waals surface area contributed by atoms with Crippen molar-refractivity contribution in [3.05, 3.63) is 0 Å². The molecule has 0 saturated carbocycles. The van der Waals surface area contributed by atoms with Gasteiger partial charge in [0, 0.05) is 39.5 Å². The van der Waals surface area contributed by atoms with Crippen LogP contribution in [-0.4, -0.2) is 39.5 Å². The van der Waals surface area contributed by atoms with Gasteiger partial charge in [0.2, 0.25) is 0 Å². The molecule has 96 valence electrons. The third-order valence-electron chi connectivity index (χ3n) is 3.49. The minimum atomic E-state index is 0.445. The number of nitrogens with one attached hydrogen (secondary N) is 1.